The molecule has 1 heterocycles. The van der Waals surface area contributed by atoms with Gasteiger partial charge in [-0.1, -0.05) is 0 Å². The molecule has 0 aromatic carbocycles. The average Bonchev–Trinajstić information content (AvgIpc) is 1.85. The van der Waals surface area contributed by atoms with E-state index in [0.29, 0.717) is 0 Å². The number of halogens is 1. The molecular formula is C8H14ClN3. The Kier molecular flexibility index (Phi) is 4.13. The van der Waals surface area contributed by atoms with Crippen LogP contribution >= 0.6 is 12.4 Å². The van der Waals surface area contributed by atoms with Crippen LogP contribution in [0.3, 0.4) is 0 Å². The predicted octanol–water partition coefficient (Wildman–Crippen LogP) is 1.53. The lowest BCUT2D eigenvalue weighted by molar-refractivity contribution is 0.782. The lowest BCUT2D eigenvalue weighted by atomic mass is 10.1. The number of rotatable bonds is 1. The van der Waals surface area contributed by atoms with E-state index in [1.807, 2.05) is 20.8 Å². The van der Waals surface area contributed by atoms with Crippen molar-refractivity contribution in [1.29, 1.82) is 0 Å². The average molecular weight is 188 g/mol. The van der Waals surface area contributed by atoms with Gasteiger partial charge in [-0.05, 0) is 20.8 Å². The first-order valence-electron chi connectivity index (χ1n) is 3.67. The van der Waals surface area contributed by atoms with E-state index in [1.54, 1.807) is 6.20 Å². The van der Waals surface area contributed by atoms with Gasteiger partial charge in [-0.25, -0.2) is 9.97 Å². The Labute approximate surface area is 78.8 Å². The van der Waals surface area contributed by atoms with Crippen molar-refractivity contribution in [2.45, 2.75) is 26.8 Å². The molecule has 1 rings (SSSR count). The third-order valence-electron chi connectivity index (χ3n) is 1.63. The standard InChI is InChI=1S/C8H13N3.ClH/c1-5(9)8-4-10-7(3)11-6(8)2;/h4-5H,9H2,1-3H3;1H. The molecule has 0 aliphatic rings. The van der Waals surface area contributed by atoms with Crippen molar-refractivity contribution in [3.05, 3.63) is 23.3 Å². The second kappa shape index (κ2) is 4.38. The van der Waals surface area contributed by atoms with Crippen LogP contribution in [0.25, 0.3) is 0 Å². The van der Waals surface area contributed by atoms with E-state index in [2.05, 4.69) is 9.97 Å². The molecule has 0 aliphatic heterocycles. The van der Waals surface area contributed by atoms with Crippen molar-refractivity contribution in [3.63, 3.8) is 0 Å². The van der Waals surface area contributed by atoms with E-state index in [0.717, 1.165) is 17.1 Å². The molecule has 0 saturated heterocycles. The third kappa shape index (κ3) is 2.43. The third-order valence-corrected chi connectivity index (χ3v) is 1.63. The maximum absolute atomic E-state index is 5.68. The van der Waals surface area contributed by atoms with E-state index in [4.69, 9.17) is 5.73 Å². The minimum atomic E-state index is 0. The van der Waals surface area contributed by atoms with Crippen LogP contribution in [0, 0.1) is 13.8 Å². The highest BCUT2D eigenvalue weighted by molar-refractivity contribution is 5.85. The van der Waals surface area contributed by atoms with Gasteiger partial charge >= 0.3 is 0 Å². The van der Waals surface area contributed by atoms with Gasteiger partial charge in [-0.2, -0.15) is 0 Å². The second-order valence-electron chi connectivity index (χ2n) is 2.75. The molecule has 0 spiro atoms. The van der Waals surface area contributed by atoms with E-state index in [-0.39, 0.29) is 18.4 Å². The van der Waals surface area contributed by atoms with Crippen LogP contribution in [0.5, 0.6) is 0 Å². The zero-order valence-electron chi connectivity index (χ0n) is 7.53. The number of nitrogens with two attached hydrogens (primary N) is 1. The highest BCUT2D eigenvalue weighted by Gasteiger charge is 2.04. The smallest absolute Gasteiger partial charge is 0.125 e. The Morgan fingerprint density at radius 1 is 1.42 bits per heavy atom. The highest BCUT2D eigenvalue weighted by atomic mass is 35.5. The second-order valence-corrected chi connectivity index (χ2v) is 2.75. The zero-order valence-corrected chi connectivity index (χ0v) is 8.35. The van der Waals surface area contributed by atoms with E-state index in [1.165, 1.54) is 0 Å². The van der Waals surface area contributed by atoms with Crippen molar-refractivity contribution in [1.82, 2.24) is 9.97 Å². The molecule has 0 amide bonds. The lowest BCUT2D eigenvalue weighted by Crippen LogP contribution is -2.09. The molecule has 12 heavy (non-hydrogen) atoms. The summed E-state index contributed by atoms with van der Waals surface area (Å²) in [7, 11) is 0. The molecule has 0 fully saturated rings. The lowest BCUT2D eigenvalue weighted by Gasteiger charge is -2.07. The Balaban J connectivity index is 0.00000121. The summed E-state index contributed by atoms with van der Waals surface area (Å²) in [5, 5.41) is 0. The normalized spacial score (nSPS) is 12.0. The van der Waals surface area contributed by atoms with Gasteiger partial charge < -0.3 is 5.73 Å². The number of aromatic nitrogens is 2. The molecule has 0 bridgehead atoms. The maximum Gasteiger partial charge on any atom is 0.125 e. The Bertz CT molecular complexity index is 260. The Hall–Kier alpha value is -0.670. The van der Waals surface area contributed by atoms with Gasteiger partial charge in [0.15, 0.2) is 0 Å². The Morgan fingerprint density at radius 2 is 2.00 bits per heavy atom. The van der Waals surface area contributed by atoms with Gasteiger partial charge in [-0.3, -0.25) is 0 Å². The summed E-state index contributed by atoms with van der Waals surface area (Å²) < 4.78 is 0. The largest absolute Gasteiger partial charge is 0.324 e. The van der Waals surface area contributed by atoms with Gasteiger partial charge in [0.25, 0.3) is 0 Å². The van der Waals surface area contributed by atoms with Crippen molar-refractivity contribution in [2.24, 2.45) is 5.73 Å². The molecule has 1 aromatic rings. The van der Waals surface area contributed by atoms with Crippen LogP contribution in [0.2, 0.25) is 0 Å². The molecule has 68 valence electrons. The van der Waals surface area contributed by atoms with E-state index >= 15 is 0 Å². The molecule has 4 heteroatoms. The van der Waals surface area contributed by atoms with Gasteiger partial charge in [0.1, 0.15) is 5.82 Å². The topological polar surface area (TPSA) is 51.8 Å². The summed E-state index contributed by atoms with van der Waals surface area (Å²) in [6.07, 6.45) is 1.79. The number of aryl methyl sites for hydroxylation is 2. The fourth-order valence-electron chi connectivity index (χ4n) is 1.04. The predicted molar refractivity (Wildman–Crippen MR) is 51.4 cm³/mol. The molecule has 3 nitrogen and oxygen atoms in total. The van der Waals surface area contributed by atoms with E-state index in [9.17, 15) is 0 Å². The summed E-state index contributed by atoms with van der Waals surface area (Å²) in [6.45, 7) is 5.76. The minimum absolute atomic E-state index is 0. The maximum atomic E-state index is 5.68. The van der Waals surface area contributed by atoms with Crippen molar-refractivity contribution in [3.8, 4) is 0 Å². The van der Waals surface area contributed by atoms with E-state index < -0.39 is 0 Å². The zero-order chi connectivity index (χ0) is 8.43. The summed E-state index contributed by atoms with van der Waals surface area (Å²) in [6, 6.07) is 0.0237. The van der Waals surface area contributed by atoms with Crippen molar-refractivity contribution >= 4 is 12.4 Å². The van der Waals surface area contributed by atoms with Crippen molar-refractivity contribution < 1.29 is 0 Å². The summed E-state index contributed by atoms with van der Waals surface area (Å²) in [5.74, 6) is 0.798. The molecule has 2 N–H and O–H groups in total. The Morgan fingerprint density at radius 3 is 2.42 bits per heavy atom. The van der Waals surface area contributed by atoms with Gasteiger partial charge in [-0.15, -0.1) is 12.4 Å². The SMILES string of the molecule is Cc1ncc(C(C)N)c(C)n1.Cl. The van der Waals surface area contributed by atoms with Crippen LogP contribution in [-0.4, -0.2) is 9.97 Å². The first-order chi connectivity index (χ1) is 5.11. The first kappa shape index (κ1) is 11.3. The molecule has 0 radical (unpaired) electrons. The van der Waals surface area contributed by atoms with Crippen LogP contribution in [-0.2, 0) is 0 Å². The molecule has 1 atom stereocenters. The van der Waals surface area contributed by atoms with Gasteiger partial charge in [0.2, 0.25) is 0 Å². The summed E-state index contributed by atoms with van der Waals surface area (Å²) >= 11 is 0. The van der Waals surface area contributed by atoms with Crippen LogP contribution in [0.4, 0.5) is 0 Å². The fraction of sp³-hybridized carbons (Fsp3) is 0.500. The quantitative estimate of drug-likeness (QED) is 0.726. The molecule has 1 aromatic heterocycles. The van der Waals surface area contributed by atoms with Gasteiger partial charge in [0, 0.05) is 23.5 Å². The number of nitrogens with zero attached hydrogens (tertiary/aromatic N) is 2. The van der Waals surface area contributed by atoms with Gasteiger partial charge in [0.05, 0.1) is 0 Å². The summed E-state index contributed by atoms with van der Waals surface area (Å²) in [4.78, 5) is 8.27. The monoisotopic (exact) mass is 187 g/mol. The minimum Gasteiger partial charge on any atom is -0.324 e. The number of hydrogen-bond acceptors (Lipinski definition) is 3. The highest BCUT2D eigenvalue weighted by Crippen LogP contribution is 2.10. The van der Waals surface area contributed by atoms with Crippen LogP contribution in [0.1, 0.15) is 30.0 Å². The molecular weight excluding hydrogens is 174 g/mol. The fourth-order valence-corrected chi connectivity index (χ4v) is 1.04. The van der Waals surface area contributed by atoms with Crippen molar-refractivity contribution in [2.75, 3.05) is 0 Å². The van der Waals surface area contributed by atoms with Crippen LogP contribution < -0.4 is 5.73 Å². The summed E-state index contributed by atoms with van der Waals surface area (Å²) in [5.41, 5.74) is 7.69. The first-order valence-corrected chi connectivity index (χ1v) is 3.67. The number of hydrogen-bond donors (Lipinski definition) is 1. The molecule has 0 saturated carbocycles. The molecule has 1 unspecified atom stereocenters. The van der Waals surface area contributed by atoms with Crippen LogP contribution in [0.15, 0.2) is 6.20 Å². The molecule has 0 aliphatic carbocycles.